The van der Waals surface area contributed by atoms with Crippen LogP contribution in [-0.4, -0.2) is 63.1 Å². The highest BCUT2D eigenvalue weighted by molar-refractivity contribution is 7.99. The number of fused-ring (bicyclic) bond motifs is 3. The molecule has 7 nitrogen and oxygen atoms in total. The smallest absolute Gasteiger partial charge is 0.197 e. The molecule has 0 atom stereocenters. The standard InChI is InChI=1S/C19H19N5O2S/c1-2-5-15-14(4-1)17-21-22-19(27-13-9-23-7-11-25-12-8-23)24(17)18(20-15)16-6-3-10-26-16/h1-6,10H,7-9,11-13H2. The summed E-state index contributed by atoms with van der Waals surface area (Å²) in [6, 6.07) is 11.8. The van der Waals surface area contributed by atoms with Gasteiger partial charge in [0.25, 0.3) is 0 Å². The fraction of sp³-hybridized carbons (Fsp3) is 0.316. The molecular formula is C19H19N5O2S. The normalized spacial score (nSPS) is 15.7. The van der Waals surface area contributed by atoms with Gasteiger partial charge in [-0.2, -0.15) is 0 Å². The highest BCUT2D eigenvalue weighted by Crippen LogP contribution is 2.29. The Hall–Kier alpha value is -2.42. The molecule has 1 aliphatic heterocycles. The van der Waals surface area contributed by atoms with E-state index in [1.54, 1.807) is 18.0 Å². The van der Waals surface area contributed by atoms with E-state index in [-0.39, 0.29) is 0 Å². The minimum atomic E-state index is 0.709. The molecule has 0 amide bonds. The summed E-state index contributed by atoms with van der Waals surface area (Å²) in [6.07, 6.45) is 1.66. The number of hydrogen-bond donors (Lipinski definition) is 0. The first kappa shape index (κ1) is 16.7. The third kappa shape index (κ3) is 3.20. The van der Waals surface area contributed by atoms with E-state index in [1.807, 2.05) is 40.8 Å². The molecular weight excluding hydrogens is 362 g/mol. The summed E-state index contributed by atoms with van der Waals surface area (Å²) in [5.74, 6) is 2.37. The lowest BCUT2D eigenvalue weighted by Crippen LogP contribution is -2.37. The average molecular weight is 381 g/mol. The van der Waals surface area contributed by atoms with Crippen molar-refractivity contribution in [3.63, 3.8) is 0 Å². The monoisotopic (exact) mass is 381 g/mol. The largest absolute Gasteiger partial charge is 0.461 e. The van der Waals surface area contributed by atoms with Crippen LogP contribution in [0.3, 0.4) is 0 Å². The summed E-state index contributed by atoms with van der Waals surface area (Å²) in [7, 11) is 0. The second-order valence-electron chi connectivity index (χ2n) is 6.37. The van der Waals surface area contributed by atoms with Gasteiger partial charge in [-0.3, -0.25) is 9.30 Å². The van der Waals surface area contributed by atoms with Crippen molar-refractivity contribution in [2.45, 2.75) is 5.16 Å². The molecule has 4 heterocycles. The van der Waals surface area contributed by atoms with Crippen molar-refractivity contribution in [2.24, 2.45) is 0 Å². The Balaban J connectivity index is 1.52. The maximum Gasteiger partial charge on any atom is 0.197 e. The van der Waals surface area contributed by atoms with Gasteiger partial charge in [-0.25, -0.2) is 4.98 Å². The fourth-order valence-corrected chi connectivity index (χ4v) is 4.25. The molecule has 8 heteroatoms. The first-order valence-electron chi connectivity index (χ1n) is 9.01. The molecule has 1 aliphatic rings. The number of benzene rings is 1. The number of rotatable bonds is 5. The first-order chi connectivity index (χ1) is 13.4. The number of nitrogens with zero attached hydrogens (tertiary/aromatic N) is 5. The van der Waals surface area contributed by atoms with Crippen molar-refractivity contribution < 1.29 is 9.15 Å². The minimum absolute atomic E-state index is 0.709. The highest BCUT2D eigenvalue weighted by Gasteiger charge is 2.18. The number of ether oxygens (including phenoxy) is 1. The molecule has 5 rings (SSSR count). The lowest BCUT2D eigenvalue weighted by Gasteiger charge is -2.26. The molecule has 0 saturated carbocycles. The van der Waals surface area contributed by atoms with E-state index in [9.17, 15) is 0 Å². The summed E-state index contributed by atoms with van der Waals surface area (Å²) < 4.78 is 13.0. The quantitative estimate of drug-likeness (QED) is 0.492. The third-order valence-electron chi connectivity index (χ3n) is 4.70. The fourth-order valence-electron chi connectivity index (χ4n) is 3.32. The molecule has 0 unspecified atom stereocenters. The molecule has 0 N–H and O–H groups in total. The number of aromatic nitrogens is 4. The van der Waals surface area contributed by atoms with Gasteiger partial charge in [0, 0.05) is 30.8 Å². The van der Waals surface area contributed by atoms with E-state index in [4.69, 9.17) is 14.1 Å². The number of furan rings is 1. The van der Waals surface area contributed by atoms with Crippen molar-refractivity contribution in [3.05, 3.63) is 42.7 Å². The maximum atomic E-state index is 5.63. The molecule has 4 aromatic rings. The lowest BCUT2D eigenvalue weighted by molar-refractivity contribution is 0.0410. The van der Waals surface area contributed by atoms with E-state index >= 15 is 0 Å². The van der Waals surface area contributed by atoms with Crippen LogP contribution in [0.15, 0.2) is 52.2 Å². The van der Waals surface area contributed by atoms with Gasteiger partial charge in [0.1, 0.15) is 0 Å². The third-order valence-corrected chi connectivity index (χ3v) is 5.61. The van der Waals surface area contributed by atoms with Crippen LogP contribution in [0.2, 0.25) is 0 Å². The van der Waals surface area contributed by atoms with Crippen molar-refractivity contribution >= 4 is 28.3 Å². The Morgan fingerprint density at radius 2 is 1.93 bits per heavy atom. The van der Waals surface area contributed by atoms with Crippen LogP contribution in [0.1, 0.15) is 0 Å². The van der Waals surface area contributed by atoms with Gasteiger partial charge in [-0.15, -0.1) is 10.2 Å². The first-order valence-corrected chi connectivity index (χ1v) is 9.99. The van der Waals surface area contributed by atoms with Gasteiger partial charge in [0.2, 0.25) is 0 Å². The van der Waals surface area contributed by atoms with Crippen LogP contribution >= 0.6 is 11.8 Å². The second kappa shape index (κ2) is 7.30. The molecule has 138 valence electrons. The highest BCUT2D eigenvalue weighted by atomic mass is 32.2. The SMILES string of the molecule is c1coc(-c2nc3ccccc3c3nnc(SCCN4CCOCC4)n23)c1. The topological polar surface area (TPSA) is 68.7 Å². The molecule has 3 aromatic heterocycles. The van der Waals surface area contributed by atoms with Gasteiger partial charge in [-0.05, 0) is 24.3 Å². The lowest BCUT2D eigenvalue weighted by atomic mass is 10.2. The number of morpholine rings is 1. The molecule has 0 aliphatic carbocycles. The van der Waals surface area contributed by atoms with Crippen LogP contribution in [0.25, 0.3) is 28.1 Å². The Morgan fingerprint density at radius 1 is 1.04 bits per heavy atom. The summed E-state index contributed by atoms with van der Waals surface area (Å²) >= 11 is 1.70. The van der Waals surface area contributed by atoms with Crippen LogP contribution in [0, 0.1) is 0 Å². The van der Waals surface area contributed by atoms with Crippen molar-refractivity contribution in [1.82, 2.24) is 24.5 Å². The molecule has 1 fully saturated rings. The Kier molecular flexibility index (Phi) is 4.52. The van der Waals surface area contributed by atoms with Gasteiger partial charge in [0.05, 0.1) is 25.0 Å². The molecule has 0 radical (unpaired) electrons. The van der Waals surface area contributed by atoms with Crippen molar-refractivity contribution in [1.29, 1.82) is 0 Å². The van der Waals surface area contributed by atoms with Crippen molar-refractivity contribution in [2.75, 3.05) is 38.6 Å². The summed E-state index contributed by atoms with van der Waals surface area (Å²) in [5.41, 5.74) is 1.69. The predicted octanol–water partition coefficient (Wildman–Crippen LogP) is 2.96. The molecule has 0 spiro atoms. The number of thioether (sulfide) groups is 1. The van der Waals surface area contributed by atoms with Crippen LogP contribution < -0.4 is 0 Å². The zero-order valence-corrected chi connectivity index (χ0v) is 15.6. The Morgan fingerprint density at radius 3 is 2.78 bits per heavy atom. The van der Waals surface area contributed by atoms with Gasteiger partial charge in [-0.1, -0.05) is 23.9 Å². The average Bonchev–Trinajstić information content (AvgIpc) is 3.39. The zero-order chi connectivity index (χ0) is 18.1. The predicted molar refractivity (Wildman–Crippen MR) is 104 cm³/mol. The Bertz CT molecular complexity index is 1060. The van der Waals surface area contributed by atoms with E-state index in [2.05, 4.69) is 15.1 Å². The van der Waals surface area contributed by atoms with E-state index in [1.165, 1.54) is 0 Å². The molecule has 1 saturated heterocycles. The van der Waals surface area contributed by atoms with Crippen LogP contribution in [0.5, 0.6) is 0 Å². The Labute approximate surface area is 160 Å². The van der Waals surface area contributed by atoms with E-state index in [0.29, 0.717) is 5.76 Å². The van der Waals surface area contributed by atoms with Crippen LogP contribution in [-0.2, 0) is 4.74 Å². The molecule has 27 heavy (non-hydrogen) atoms. The number of hydrogen-bond acceptors (Lipinski definition) is 7. The van der Waals surface area contributed by atoms with Gasteiger partial charge >= 0.3 is 0 Å². The molecule has 1 aromatic carbocycles. The minimum Gasteiger partial charge on any atom is -0.461 e. The summed E-state index contributed by atoms with van der Waals surface area (Å²) in [5, 5.41) is 10.7. The zero-order valence-electron chi connectivity index (χ0n) is 14.7. The van der Waals surface area contributed by atoms with E-state index in [0.717, 1.165) is 66.1 Å². The maximum absolute atomic E-state index is 5.63. The van der Waals surface area contributed by atoms with Crippen molar-refractivity contribution in [3.8, 4) is 11.6 Å². The van der Waals surface area contributed by atoms with Crippen LogP contribution in [0.4, 0.5) is 0 Å². The second-order valence-corrected chi connectivity index (χ2v) is 7.44. The van der Waals surface area contributed by atoms with Gasteiger partial charge in [0.15, 0.2) is 22.4 Å². The van der Waals surface area contributed by atoms with E-state index < -0.39 is 0 Å². The molecule has 0 bridgehead atoms. The summed E-state index contributed by atoms with van der Waals surface area (Å²) in [4.78, 5) is 7.24. The summed E-state index contributed by atoms with van der Waals surface area (Å²) in [6.45, 7) is 4.62. The van der Waals surface area contributed by atoms with Gasteiger partial charge < -0.3 is 9.15 Å². The number of para-hydroxylation sites is 1.